The van der Waals surface area contributed by atoms with Crippen molar-refractivity contribution >= 4 is 23.2 Å². The molecule has 176 valence electrons. The fourth-order valence-electron chi connectivity index (χ4n) is 3.94. The van der Waals surface area contributed by atoms with Gasteiger partial charge in [0.25, 0.3) is 5.91 Å². The molecule has 1 aliphatic carbocycles. The second-order valence-electron chi connectivity index (χ2n) is 8.33. The molecule has 0 spiro atoms. The van der Waals surface area contributed by atoms with Crippen LogP contribution in [-0.2, 0) is 13.1 Å². The maximum Gasteiger partial charge on any atom is 0.273 e. The number of fused-ring (bicyclic) bond motifs is 1. The molecule has 5 aromatic rings. The Morgan fingerprint density at radius 2 is 2.03 bits per heavy atom. The van der Waals surface area contributed by atoms with Gasteiger partial charge in [-0.2, -0.15) is 0 Å². The summed E-state index contributed by atoms with van der Waals surface area (Å²) < 4.78 is 19.5. The molecule has 4 aromatic heterocycles. The average molecular weight is 493 g/mol. The number of hydrogen-bond donors (Lipinski definition) is 1. The summed E-state index contributed by atoms with van der Waals surface area (Å²) in [5.41, 5.74) is 3.56. The van der Waals surface area contributed by atoms with Crippen LogP contribution in [0.25, 0.3) is 11.3 Å². The number of carbonyl (C=O) groups excluding carboxylic acids is 1. The van der Waals surface area contributed by atoms with Crippen molar-refractivity contribution in [3.8, 4) is 5.69 Å². The Bertz CT molecular complexity index is 1540. The number of imidazole rings is 1. The van der Waals surface area contributed by atoms with Crippen LogP contribution in [0.1, 0.15) is 46.1 Å². The predicted octanol–water partition coefficient (Wildman–Crippen LogP) is 2.55. The lowest BCUT2D eigenvalue weighted by atomic mass is 10.1. The molecule has 0 aliphatic heterocycles. The lowest BCUT2D eigenvalue weighted by molar-refractivity contribution is 0.0945. The molecule has 1 N–H and O–H groups in total. The van der Waals surface area contributed by atoms with E-state index in [1.54, 1.807) is 6.07 Å². The summed E-state index contributed by atoms with van der Waals surface area (Å²) in [6.07, 6.45) is 9.38. The zero-order valence-corrected chi connectivity index (χ0v) is 19.0. The number of amides is 1. The first-order valence-corrected chi connectivity index (χ1v) is 11.3. The number of nitrogens with one attached hydrogen (secondary N) is 1. The predicted molar refractivity (Wildman–Crippen MR) is 122 cm³/mol. The molecular weight excluding hydrogens is 475 g/mol. The van der Waals surface area contributed by atoms with Crippen molar-refractivity contribution in [1.82, 2.24) is 49.9 Å². The number of carbonyl (C=O) groups is 1. The van der Waals surface area contributed by atoms with Gasteiger partial charge in [0.1, 0.15) is 17.8 Å². The van der Waals surface area contributed by atoms with E-state index in [0.29, 0.717) is 18.2 Å². The summed E-state index contributed by atoms with van der Waals surface area (Å²) in [6.45, 7) is 0.204. The van der Waals surface area contributed by atoms with Gasteiger partial charge < -0.3 is 9.72 Å². The summed E-state index contributed by atoms with van der Waals surface area (Å²) in [7, 11) is 0. The highest BCUT2D eigenvalue weighted by Gasteiger charge is 2.24. The van der Waals surface area contributed by atoms with Gasteiger partial charge in [-0.05, 0) is 52.9 Å². The van der Waals surface area contributed by atoms with Crippen LogP contribution in [-0.4, -0.2) is 50.5 Å². The van der Waals surface area contributed by atoms with Gasteiger partial charge in [-0.3, -0.25) is 4.79 Å². The molecule has 1 fully saturated rings. The topological polar surface area (TPSA) is 121 Å². The van der Waals surface area contributed by atoms with Crippen molar-refractivity contribution in [2.24, 2.45) is 0 Å². The number of aromatic nitrogens is 9. The van der Waals surface area contributed by atoms with Crippen molar-refractivity contribution in [1.29, 1.82) is 0 Å². The Hall–Kier alpha value is -4.19. The van der Waals surface area contributed by atoms with Crippen LogP contribution in [0.4, 0.5) is 4.39 Å². The largest absolute Gasteiger partial charge is 0.346 e. The van der Waals surface area contributed by atoms with E-state index in [2.05, 4.69) is 48.4 Å². The minimum atomic E-state index is -0.666. The first-order valence-electron chi connectivity index (χ1n) is 10.9. The molecule has 1 saturated carbocycles. The number of nitrogens with zero attached hydrogens (tertiary/aromatic N) is 9. The monoisotopic (exact) mass is 492 g/mol. The second kappa shape index (κ2) is 8.55. The minimum Gasteiger partial charge on any atom is -0.346 e. The average Bonchev–Trinajstić information content (AvgIpc) is 3.23. The molecule has 0 radical (unpaired) electrons. The van der Waals surface area contributed by atoms with E-state index in [4.69, 9.17) is 11.6 Å². The van der Waals surface area contributed by atoms with Crippen molar-refractivity contribution in [2.45, 2.75) is 31.8 Å². The Morgan fingerprint density at radius 1 is 1.14 bits per heavy atom. The van der Waals surface area contributed by atoms with Gasteiger partial charge in [0.2, 0.25) is 0 Å². The van der Waals surface area contributed by atoms with Crippen molar-refractivity contribution < 1.29 is 9.18 Å². The Morgan fingerprint density at radius 3 is 2.83 bits per heavy atom. The number of rotatable bonds is 7. The van der Waals surface area contributed by atoms with Gasteiger partial charge in [-0.25, -0.2) is 18.7 Å². The number of halogens is 2. The highest BCUT2D eigenvalue weighted by Crippen LogP contribution is 2.39. The molecule has 0 saturated heterocycles. The van der Waals surface area contributed by atoms with Crippen LogP contribution in [0, 0.1) is 5.82 Å². The molecule has 1 amide bonds. The Labute approximate surface area is 202 Å². The summed E-state index contributed by atoms with van der Waals surface area (Å²) >= 11 is 5.93. The van der Waals surface area contributed by atoms with Gasteiger partial charge >= 0.3 is 0 Å². The van der Waals surface area contributed by atoms with E-state index in [1.165, 1.54) is 46.4 Å². The lowest BCUT2D eigenvalue weighted by Gasteiger charge is -2.11. The molecule has 6 rings (SSSR count). The maximum atomic E-state index is 14.7. The SMILES string of the molecule is O=C(NCc1c(-n2cnnn2)ccc(Cl)c1F)c1cn(Cc2cn3cc(C4CC4)ccc3n2)nn1. The molecular formula is C22H18ClFN10O. The first kappa shape index (κ1) is 21.4. The smallest absolute Gasteiger partial charge is 0.273 e. The molecule has 35 heavy (non-hydrogen) atoms. The zero-order valence-electron chi connectivity index (χ0n) is 18.2. The molecule has 13 heteroatoms. The van der Waals surface area contributed by atoms with E-state index in [9.17, 15) is 9.18 Å². The van der Waals surface area contributed by atoms with Crippen molar-refractivity contribution in [3.05, 3.63) is 82.5 Å². The van der Waals surface area contributed by atoms with Crippen LogP contribution in [0.3, 0.4) is 0 Å². The van der Waals surface area contributed by atoms with E-state index in [1.807, 2.05) is 16.7 Å². The summed E-state index contributed by atoms with van der Waals surface area (Å²) in [5.74, 6) is -0.520. The molecule has 11 nitrogen and oxygen atoms in total. The van der Waals surface area contributed by atoms with Gasteiger partial charge in [-0.15, -0.1) is 10.2 Å². The molecule has 0 bridgehead atoms. The van der Waals surface area contributed by atoms with E-state index in [0.717, 1.165) is 11.3 Å². The van der Waals surface area contributed by atoms with Crippen LogP contribution >= 0.6 is 11.6 Å². The zero-order chi connectivity index (χ0) is 23.9. The highest BCUT2D eigenvalue weighted by molar-refractivity contribution is 6.30. The first-order chi connectivity index (χ1) is 17.0. The third-order valence-corrected chi connectivity index (χ3v) is 6.15. The Kier molecular flexibility index (Phi) is 5.21. The number of tetrazole rings is 1. The molecule has 0 atom stereocenters. The Balaban J connectivity index is 1.15. The lowest BCUT2D eigenvalue weighted by Crippen LogP contribution is -2.24. The quantitative estimate of drug-likeness (QED) is 0.370. The van der Waals surface area contributed by atoms with Crippen molar-refractivity contribution in [2.75, 3.05) is 0 Å². The summed E-state index contributed by atoms with van der Waals surface area (Å²) in [4.78, 5) is 17.3. The number of benzene rings is 1. The molecule has 1 aliphatic rings. The van der Waals surface area contributed by atoms with E-state index < -0.39 is 11.7 Å². The molecule has 0 unspecified atom stereocenters. The van der Waals surface area contributed by atoms with Gasteiger partial charge in [-0.1, -0.05) is 22.9 Å². The third-order valence-electron chi connectivity index (χ3n) is 5.86. The fraction of sp³-hybridized carbons (Fsp3) is 0.227. The van der Waals surface area contributed by atoms with Crippen LogP contribution in [0.5, 0.6) is 0 Å². The van der Waals surface area contributed by atoms with E-state index in [-0.39, 0.29) is 22.8 Å². The standard InChI is InChI=1S/C22H18ClFN10O/c23-17-4-5-19(34-12-26-29-31-34)16(21(17)24)7-25-22(35)18-11-33(30-28-18)10-15-9-32-8-14(13-1-2-13)3-6-20(32)27-15/h3-6,8-9,11-13H,1-2,7,10H2,(H,25,35). The molecule has 4 heterocycles. The van der Waals surface area contributed by atoms with Gasteiger partial charge in [0.05, 0.1) is 29.1 Å². The number of pyridine rings is 1. The fourth-order valence-corrected chi connectivity index (χ4v) is 4.11. The molecule has 1 aromatic carbocycles. The minimum absolute atomic E-state index is 0.0753. The summed E-state index contributed by atoms with van der Waals surface area (Å²) in [5, 5.41) is 21.5. The van der Waals surface area contributed by atoms with Gasteiger partial charge in [0, 0.05) is 24.5 Å². The van der Waals surface area contributed by atoms with E-state index >= 15 is 0 Å². The van der Waals surface area contributed by atoms with Gasteiger partial charge in [0.15, 0.2) is 5.69 Å². The van der Waals surface area contributed by atoms with Crippen molar-refractivity contribution in [3.63, 3.8) is 0 Å². The normalized spacial score (nSPS) is 13.4. The van der Waals surface area contributed by atoms with Crippen LogP contribution in [0.15, 0.2) is 49.2 Å². The van der Waals surface area contributed by atoms with Crippen LogP contribution in [0.2, 0.25) is 5.02 Å². The third kappa shape index (κ3) is 4.23. The highest BCUT2D eigenvalue weighted by atomic mass is 35.5. The second-order valence-corrected chi connectivity index (χ2v) is 8.74. The van der Waals surface area contributed by atoms with Crippen LogP contribution < -0.4 is 5.32 Å². The summed E-state index contributed by atoms with van der Waals surface area (Å²) in [6, 6.07) is 7.10. The maximum absolute atomic E-state index is 14.7. The number of hydrogen-bond acceptors (Lipinski definition) is 7.